The minimum atomic E-state index is -1.15. The quantitative estimate of drug-likeness (QED) is 0.557. The molecule has 3 aromatic rings. The van der Waals surface area contributed by atoms with Crippen LogP contribution in [0.15, 0.2) is 35.1 Å². The summed E-state index contributed by atoms with van der Waals surface area (Å²) >= 11 is 0. The van der Waals surface area contributed by atoms with Crippen molar-refractivity contribution < 1.29 is 22.4 Å². The second-order valence-corrected chi connectivity index (χ2v) is 6.97. The SMILES string of the molecule is CN(C(=O)Nc1ccc(F)c(F)c1)C1CNCc2[nH]c(=O)c3cc(F)c(F)cc3c21. The van der Waals surface area contributed by atoms with E-state index < -0.39 is 40.9 Å². The van der Waals surface area contributed by atoms with Crippen molar-refractivity contribution in [2.75, 3.05) is 18.9 Å². The van der Waals surface area contributed by atoms with Crippen LogP contribution in [0.1, 0.15) is 17.3 Å². The Bertz CT molecular complexity index is 1230. The second kappa shape index (κ2) is 7.45. The molecule has 1 atom stereocenters. The summed E-state index contributed by atoms with van der Waals surface area (Å²) in [7, 11) is 1.47. The van der Waals surface area contributed by atoms with Gasteiger partial charge in [-0.1, -0.05) is 0 Å². The largest absolute Gasteiger partial charge is 0.324 e. The summed E-state index contributed by atoms with van der Waals surface area (Å²) in [6, 6.07) is 3.42. The van der Waals surface area contributed by atoms with Gasteiger partial charge in [-0.3, -0.25) is 4.79 Å². The lowest BCUT2D eigenvalue weighted by atomic mass is 9.94. The maximum absolute atomic E-state index is 13.9. The predicted octanol–water partition coefficient (Wildman–Crippen LogP) is 3.39. The maximum atomic E-state index is 13.9. The second-order valence-electron chi connectivity index (χ2n) is 6.97. The third-order valence-electron chi connectivity index (χ3n) is 5.12. The average Bonchev–Trinajstić information content (AvgIpc) is 2.71. The summed E-state index contributed by atoms with van der Waals surface area (Å²) in [4.78, 5) is 28.9. The molecule has 1 unspecified atom stereocenters. The smallest absolute Gasteiger partial charge is 0.322 e. The molecule has 30 heavy (non-hydrogen) atoms. The maximum Gasteiger partial charge on any atom is 0.322 e. The number of aromatic nitrogens is 1. The molecule has 2 heterocycles. The van der Waals surface area contributed by atoms with Crippen LogP contribution in [0.4, 0.5) is 28.0 Å². The van der Waals surface area contributed by atoms with Crippen LogP contribution < -0.4 is 16.2 Å². The molecule has 1 aliphatic rings. The van der Waals surface area contributed by atoms with Crippen molar-refractivity contribution in [2.45, 2.75) is 12.6 Å². The lowest BCUT2D eigenvalue weighted by Crippen LogP contribution is -2.43. The number of aromatic amines is 1. The van der Waals surface area contributed by atoms with E-state index in [2.05, 4.69) is 15.6 Å². The van der Waals surface area contributed by atoms with Crippen molar-refractivity contribution >= 4 is 22.5 Å². The number of anilines is 1. The van der Waals surface area contributed by atoms with Crippen LogP contribution >= 0.6 is 0 Å². The van der Waals surface area contributed by atoms with Crippen LogP contribution in [0.5, 0.6) is 0 Å². The summed E-state index contributed by atoms with van der Waals surface area (Å²) in [6.07, 6.45) is 0. The minimum Gasteiger partial charge on any atom is -0.324 e. The third kappa shape index (κ3) is 3.39. The van der Waals surface area contributed by atoms with E-state index >= 15 is 0 Å². The van der Waals surface area contributed by atoms with Gasteiger partial charge < -0.3 is 20.5 Å². The van der Waals surface area contributed by atoms with Gasteiger partial charge in [-0.15, -0.1) is 0 Å². The molecular formula is C20H16F4N4O2. The van der Waals surface area contributed by atoms with Crippen LogP contribution in [-0.4, -0.2) is 29.5 Å². The van der Waals surface area contributed by atoms with Gasteiger partial charge in [0.25, 0.3) is 5.56 Å². The van der Waals surface area contributed by atoms with Crippen LogP contribution in [0, 0.1) is 23.3 Å². The number of hydrogen-bond donors (Lipinski definition) is 3. The molecule has 0 bridgehead atoms. The predicted molar refractivity (Wildman–Crippen MR) is 102 cm³/mol. The fraction of sp³-hybridized carbons (Fsp3) is 0.200. The Hall–Kier alpha value is -3.40. The third-order valence-corrected chi connectivity index (χ3v) is 5.12. The van der Waals surface area contributed by atoms with Gasteiger partial charge in [-0.2, -0.15) is 0 Å². The van der Waals surface area contributed by atoms with E-state index in [-0.39, 0.29) is 29.5 Å². The van der Waals surface area contributed by atoms with Crippen molar-refractivity contribution in [2.24, 2.45) is 0 Å². The first-order chi connectivity index (χ1) is 14.3. The first-order valence-electron chi connectivity index (χ1n) is 8.99. The molecule has 2 aromatic carbocycles. The number of amides is 2. The van der Waals surface area contributed by atoms with Gasteiger partial charge in [0, 0.05) is 43.1 Å². The Kier molecular flexibility index (Phi) is 4.94. The molecule has 0 fully saturated rings. The van der Waals surface area contributed by atoms with E-state index in [4.69, 9.17) is 0 Å². The highest BCUT2D eigenvalue weighted by Crippen LogP contribution is 2.32. The zero-order valence-corrected chi connectivity index (χ0v) is 15.7. The summed E-state index contributed by atoms with van der Waals surface area (Å²) in [5, 5.41) is 5.69. The standard InChI is InChI=1S/C20H16F4N4O2/c1-28(20(30)26-9-2-3-12(21)13(22)4-9)17-8-25-7-16-18(17)10-5-14(23)15(24)6-11(10)19(29)27-16/h2-6,17,25H,7-8H2,1H3,(H,26,30)(H,27,29). The van der Waals surface area contributed by atoms with Crippen LogP contribution in [0.25, 0.3) is 10.8 Å². The number of fused-ring (bicyclic) bond motifs is 3. The molecule has 2 amide bonds. The number of halogens is 4. The lowest BCUT2D eigenvalue weighted by molar-refractivity contribution is 0.200. The summed E-state index contributed by atoms with van der Waals surface area (Å²) in [5.41, 5.74) is 0.403. The van der Waals surface area contributed by atoms with Gasteiger partial charge in [0.1, 0.15) is 0 Å². The van der Waals surface area contributed by atoms with Crippen molar-refractivity contribution in [3.8, 4) is 0 Å². The Balaban J connectivity index is 1.73. The van der Waals surface area contributed by atoms with Crippen LogP contribution in [-0.2, 0) is 6.54 Å². The van der Waals surface area contributed by atoms with Gasteiger partial charge in [0.05, 0.1) is 11.4 Å². The van der Waals surface area contributed by atoms with Gasteiger partial charge in [0.15, 0.2) is 23.3 Å². The van der Waals surface area contributed by atoms with Crippen molar-refractivity contribution in [1.82, 2.24) is 15.2 Å². The van der Waals surface area contributed by atoms with E-state index in [1.165, 1.54) is 18.0 Å². The van der Waals surface area contributed by atoms with E-state index in [1.54, 1.807) is 0 Å². The first kappa shape index (κ1) is 19.9. The molecule has 0 saturated heterocycles. The van der Waals surface area contributed by atoms with E-state index in [9.17, 15) is 27.2 Å². The van der Waals surface area contributed by atoms with Gasteiger partial charge in [-0.05, 0) is 29.7 Å². The Morgan fingerprint density at radius 1 is 1.03 bits per heavy atom. The summed E-state index contributed by atoms with van der Waals surface area (Å²) < 4.78 is 54.1. The van der Waals surface area contributed by atoms with Gasteiger partial charge in [-0.25, -0.2) is 22.4 Å². The fourth-order valence-corrected chi connectivity index (χ4v) is 3.61. The molecule has 0 spiro atoms. The van der Waals surface area contributed by atoms with E-state index in [0.717, 1.165) is 24.3 Å². The van der Waals surface area contributed by atoms with Gasteiger partial charge >= 0.3 is 6.03 Å². The molecule has 0 saturated carbocycles. The number of hydrogen-bond acceptors (Lipinski definition) is 3. The number of H-pyrrole nitrogens is 1. The molecular weight excluding hydrogens is 404 g/mol. The van der Waals surface area contributed by atoms with Crippen molar-refractivity contribution in [3.05, 3.63) is 75.2 Å². The highest BCUT2D eigenvalue weighted by atomic mass is 19.2. The number of urea groups is 1. The Labute approximate surface area is 167 Å². The number of carbonyl (C=O) groups excluding carboxylic acids is 1. The number of likely N-dealkylation sites (N-methyl/N-ethyl adjacent to an activating group) is 1. The molecule has 156 valence electrons. The van der Waals surface area contributed by atoms with Crippen LogP contribution in [0.3, 0.4) is 0 Å². The number of nitrogens with one attached hydrogen (secondary N) is 3. The van der Waals surface area contributed by atoms with E-state index in [0.29, 0.717) is 11.3 Å². The first-order valence-corrected chi connectivity index (χ1v) is 8.99. The molecule has 1 aromatic heterocycles. The highest BCUT2D eigenvalue weighted by Gasteiger charge is 2.30. The van der Waals surface area contributed by atoms with Crippen molar-refractivity contribution in [1.29, 1.82) is 0 Å². The van der Waals surface area contributed by atoms with Gasteiger partial charge in [0.2, 0.25) is 0 Å². The molecule has 6 nitrogen and oxygen atoms in total. The zero-order valence-electron chi connectivity index (χ0n) is 15.7. The zero-order chi connectivity index (χ0) is 21.6. The Morgan fingerprint density at radius 2 is 1.70 bits per heavy atom. The molecule has 10 heteroatoms. The summed E-state index contributed by atoms with van der Waals surface area (Å²) in [5.74, 6) is -4.41. The van der Waals surface area contributed by atoms with E-state index in [1.807, 2.05) is 0 Å². The van der Waals surface area contributed by atoms with Crippen molar-refractivity contribution in [3.63, 3.8) is 0 Å². The molecule has 4 rings (SSSR count). The molecule has 0 aliphatic carbocycles. The molecule has 0 radical (unpaired) electrons. The van der Waals surface area contributed by atoms with Crippen LogP contribution in [0.2, 0.25) is 0 Å². The topological polar surface area (TPSA) is 77.2 Å². The Morgan fingerprint density at radius 3 is 2.40 bits per heavy atom. The molecule has 1 aliphatic heterocycles. The number of nitrogens with zero attached hydrogens (tertiary/aromatic N) is 1. The number of carbonyl (C=O) groups is 1. The monoisotopic (exact) mass is 420 g/mol. The lowest BCUT2D eigenvalue weighted by Gasteiger charge is -2.34. The molecule has 3 N–H and O–H groups in total. The number of pyridine rings is 1. The number of benzene rings is 2. The normalized spacial score (nSPS) is 15.7. The number of rotatable bonds is 2. The summed E-state index contributed by atoms with van der Waals surface area (Å²) in [6.45, 7) is 0.545. The fourth-order valence-electron chi connectivity index (χ4n) is 3.61. The highest BCUT2D eigenvalue weighted by molar-refractivity contribution is 5.91. The minimum absolute atomic E-state index is 0.0334. The average molecular weight is 420 g/mol.